The van der Waals surface area contributed by atoms with Gasteiger partial charge in [-0.15, -0.1) is 0 Å². The Morgan fingerprint density at radius 3 is 2.69 bits per heavy atom. The van der Waals surface area contributed by atoms with Gasteiger partial charge in [-0.1, -0.05) is 0 Å². The molecule has 0 radical (unpaired) electrons. The lowest BCUT2D eigenvalue weighted by molar-refractivity contribution is -0.149. The fraction of sp³-hybridized carbons (Fsp3) is 0.800. The zero-order valence-electron chi connectivity index (χ0n) is 8.93. The third-order valence-electron chi connectivity index (χ3n) is 3.26. The van der Waals surface area contributed by atoms with Gasteiger partial charge < -0.3 is 20.4 Å². The van der Waals surface area contributed by atoms with Crippen molar-refractivity contribution in [3.05, 3.63) is 0 Å². The normalized spacial score (nSPS) is 34.3. The molecule has 6 nitrogen and oxygen atoms in total. The van der Waals surface area contributed by atoms with E-state index >= 15 is 0 Å². The van der Waals surface area contributed by atoms with Gasteiger partial charge in [-0.3, -0.25) is 4.79 Å². The summed E-state index contributed by atoms with van der Waals surface area (Å²) in [6.45, 7) is 1.55. The summed E-state index contributed by atoms with van der Waals surface area (Å²) >= 11 is 0. The Morgan fingerprint density at radius 1 is 1.38 bits per heavy atom. The zero-order valence-corrected chi connectivity index (χ0v) is 8.93. The molecule has 0 spiro atoms. The number of nitrogens with zero attached hydrogens (tertiary/aromatic N) is 1. The van der Waals surface area contributed by atoms with Crippen LogP contribution in [0.4, 0.5) is 0 Å². The Balaban J connectivity index is 2.06. The third-order valence-corrected chi connectivity index (χ3v) is 3.26. The molecule has 1 amide bonds. The zero-order chi connectivity index (χ0) is 11.7. The topological polar surface area (TPSA) is 89.9 Å². The van der Waals surface area contributed by atoms with Gasteiger partial charge in [0.05, 0.1) is 12.0 Å². The van der Waals surface area contributed by atoms with Crippen molar-refractivity contribution in [2.24, 2.45) is 5.92 Å². The molecule has 90 valence electrons. The number of carbonyl (C=O) groups excluding carboxylic acids is 1. The van der Waals surface area contributed by atoms with Crippen molar-refractivity contribution >= 4 is 11.9 Å². The van der Waals surface area contributed by atoms with Crippen molar-refractivity contribution in [3.63, 3.8) is 0 Å². The van der Waals surface area contributed by atoms with E-state index in [4.69, 9.17) is 5.11 Å². The maximum absolute atomic E-state index is 12.0. The van der Waals surface area contributed by atoms with Crippen molar-refractivity contribution in [1.29, 1.82) is 0 Å². The van der Waals surface area contributed by atoms with Gasteiger partial charge >= 0.3 is 5.97 Å². The van der Waals surface area contributed by atoms with E-state index in [1.54, 1.807) is 0 Å². The van der Waals surface area contributed by atoms with Crippen LogP contribution in [0.25, 0.3) is 0 Å². The van der Waals surface area contributed by atoms with Crippen LogP contribution in [0, 0.1) is 5.92 Å². The highest BCUT2D eigenvalue weighted by Crippen LogP contribution is 2.22. The lowest BCUT2D eigenvalue weighted by Crippen LogP contribution is -2.44. The largest absolute Gasteiger partial charge is 0.480 e. The number of nitrogens with one attached hydrogen (secondary N) is 1. The second-order valence-corrected chi connectivity index (χ2v) is 4.42. The maximum atomic E-state index is 12.0. The Bertz CT molecular complexity index is 301. The summed E-state index contributed by atoms with van der Waals surface area (Å²) in [7, 11) is 0. The first-order chi connectivity index (χ1) is 7.59. The minimum absolute atomic E-state index is 0.132. The predicted molar refractivity (Wildman–Crippen MR) is 54.7 cm³/mol. The molecule has 3 N–H and O–H groups in total. The summed E-state index contributed by atoms with van der Waals surface area (Å²) in [5, 5.41) is 21.5. The monoisotopic (exact) mass is 228 g/mol. The quantitative estimate of drug-likeness (QED) is 0.543. The number of likely N-dealkylation sites (tertiary alicyclic amines) is 1. The van der Waals surface area contributed by atoms with E-state index in [0.717, 1.165) is 13.0 Å². The Labute approximate surface area is 93.2 Å². The standard InChI is InChI=1S/C10H16N2O4/c13-7-3-8(10(15)16)12(5-7)9(14)6-1-2-11-4-6/h6-8,11,13H,1-5H2,(H,15,16). The Morgan fingerprint density at radius 2 is 2.12 bits per heavy atom. The number of aliphatic hydroxyl groups is 1. The minimum atomic E-state index is -1.03. The van der Waals surface area contributed by atoms with Crippen molar-refractivity contribution < 1.29 is 19.8 Å². The number of β-amino-alcohol motifs (C(OH)–C–C–N with tert-alkyl or cyclic N) is 1. The molecule has 0 aromatic heterocycles. The van der Waals surface area contributed by atoms with Crippen LogP contribution >= 0.6 is 0 Å². The van der Waals surface area contributed by atoms with Gasteiger partial charge in [0.1, 0.15) is 6.04 Å². The summed E-state index contributed by atoms with van der Waals surface area (Å²) in [5.74, 6) is -1.31. The van der Waals surface area contributed by atoms with Gasteiger partial charge in [0.2, 0.25) is 5.91 Å². The number of aliphatic carboxylic acids is 1. The van der Waals surface area contributed by atoms with Gasteiger partial charge in [-0.05, 0) is 13.0 Å². The predicted octanol–water partition coefficient (Wildman–Crippen LogP) is -1.36. The Hall–Kier alpha value is -1.14. The van der Waals surface area contributed by atoms with E-state index in [1.165, 1.54) is 4.90 Å². The smallest absolute Gasteiger partial charge is 0.326 e. The van der Waals surface area contributed by atoms with Crippen molar-refractivity contribution in [2.75, 3.05) is 19.6 Å². The molecule has 0 aromatic rings. The molecule has 0 saturated carbocycles. The summed E-state index contributed by atoms with van der Waals surface area (Å²) in [6, 6.07) is -0.858. The molecule has 3 unspecified atom stereocenters. The number of aliphatic hydroxyl groups excluding tert-OH is 1. The Kier molecular flexibility index (Phi) is 3.11. The van der Waals surface area contributed by atoms with Gasteiger partial charge in [0.15, 0.2) is 0 Å². The van der Waals surface area contributed by atoms with Crippen LogP contribution < -0.4 is 5.32 Å². The van der Waals surface area contributed by atoms with Gasteiger partial charge in [-0.25, -0.2) is 4.79 Å². The van der Waals surface area contributed by atoms with E-state index in [0.29, 0.717) is 6.54 Å². The van der Waals surface area contributed by atoms with Crippen LogP contribution in [0.3, 0.4) is 0 Å². The molecule has 2 heterocycles. The first-order valence-electron chi connectivity index (χ1n) is 5.51. The van der Waals surface area contributed by atoms with Crippen LogP contribution in [0.5, 0.6) is 0 Å². The highest BCUT2D eigenvalue weighted by molar-refractivity contribution is 5.86. The van der Waals surface area contributed by atoms with E-state index in [-0.39, 0.29) is 24.8 Å². The molecule has 2 aliphatic rings. The number of hydrogen-bond donors (Lipinski definition) is 3. The highest BCUT2D eigenvalue weighted by atomic mass is 16.4. The van der Waals surface area contributed by atoms with E-state index in [2.05, 4.69) is 5.32 Å². The molecular weight excluding hydrogens is 212 g/mol. The van der Waals surface area contributed by atoms with Crippen molar-refractivity contribution in [2.45, 2.75) is 25.0 Å². The summed E-state index contributed by atoms with van der Waals surface area (Å²) in [6.07, 6.45) is 0.179. The molecule has 6 heteroatoms. The lowest BCUT2D eigenvalue weighted by atomic mass is 10.1. The first kappa shape index (κ1) is 11.3. The van der Waals surface area contributed by atoms with Crippen molar-refractivity contribution in [3.8, 4) is 0 Å². The average Bonchev–Trinajstić information content (AvgIpc) is 2.84. The molecule has 0 aromatic carbocycles. The number of carboxylic acid groups (broad SMARTS) is 1. The van der Waals surface area contributed by atoms with Crippen LogP contribution in [0.1, 0.15) is 12.8 Å². The lowest BCUT2D eigenvalue weighted by Gasteiger charge is -2.24. The molecule has 0 bridgehead atoms. The van der Waals surface area contributed by atoms with Crippen LogP contribution in [-0.2, 0) is 9.59 Å². The minimum Gasteiger partial charge on any atom is -0.480 e. The van der Waals surface area contributed by atoms with E-state index in [9.17, 15) is 14.7 Å². The van der Waals surface area contributed by atoms with Crippen molar-refractivity contribution in [1.82, 2.24) is 10.2 Å². The van der Waals surface area contributed by atoms with Crippen LogP contribution in [0.15, 0.2) is 0 Å². The molecular formula is C10H16N2O4. The number of rotatable bonds is 2. The molecule has 2 saturated heterocycles. The number of carboxylic acids is 1. The summed E-state index contributed by atoms with van der Waals surface area (Å²) in [5.41, 5.74) is 0. The van der Waals surface area contributed by atoms with Gasteiger partial charge in [0, 0.05) is 19.5 Å². The SMILES string of the molecule is O=C(O)C1CC(O)CN1C(=O)C1CCNC1. The van der Waals surface area contributed by atoms with E-state index in [1.807, 2.05) is 0 Å². The summed E-state index contributed by atoms with van der Waals surface area (Å²) < 4.78 is 0. The van der Waals surface area contributed by atoms with Crippen LogP contribution in [0.2, 0.25) is 0 Å². The molecule has 0 aliphatic carbocycles. The number of carbonyl (C=O) groups is 2. The number of amides is 1. The molecule has 2 rings (SSSR count). The highest BCUT2D eigenvalue weighted by Gasteiger charge is 2.41. The maximum Gasteiger partial charge on any atom is 0.326 e. The number of hydrogen-bond acceptors (Lipinski definition) is 4. The second-order valence-electron chi connectivity index (χ2n) is 4.42. The summed E-state index contributed by atoms with van der Waals surface area (Å²) in [4.78, 5) is 24.3. The fourth-order valence-electron chi connectivity index (χ4n) is 2.39. The molecule has 2 fully saturated rings. The fourth-order valence-corrected chi connectivity index (χ4v) is 2.39. The first-order valence-corrected chi connectivity index (χ1v) is 5.51. The van der Waals surface area contributed by atoms with Crippen LogP contribution in [-0.4, -0.2) is 58.8 Å². The second kappa shape index (κ2) is 4.39. The van der Waals surface area contributed by atoms with Gasteiger partial charge in [-0.2, -0.15) is 0 Å². The van der Waals surface area contributed by atoms with Gasteiger partial charge in [0.25, 0.3) is 0 Å². The average molecular weight is 228 g/mol. The molecule has 16 heavy (non-hydrogen) atoms. The molecule has 2 aliphatic heterocycles. The van der Waals surface area contributed by atoms with E-state index < -0.39 is 18.1 Å². The third kappa shape index (κ3) is 2.03. The molecule has 3 atom stereocenters.